The van der Waals surface area contributed by atoms with Gasteiger partial charge in [-0.05, 0) is 18.3 Å². The molecule has 0 aromatic carbocycles. The van der Waals surface area contributed by atoms with Crippen LogP contribution < -0.4 is 5.32 Å². The van der Waals surface area contributed by atoms with E-state index in [1.807, 2.05) is 20.8 Å². The molecule has 0 radical (unpaired) electrons. The molecule has 0 aromatic rings. The van der Waals surface area contributed by atoms with E-state index in [1.165, 1.54) is 4.90 Å². The van der Waals surface area contributed by atoms with Crippen molar-refractivity contribution in [3.63, 3.8) is 0 Å². The van der Waals surface area contributed by atoms with E-state index in [4.69, 9.17) is 5.11 Å². The number of hydrogen-bond acceptors (Lipinski definition) is 2. The summed E-state index contributed by atoms with van der Waals surface area (Å²) in [6.07, 6.45) is 1.83. The van der Waals surface area contributed by atoms with Gasteiger partial charge in [0.15, 0.2) is 0 Å². The number of carboxylic acids is 1. The maximum atomic E-state index is 11.8. The quantitative estimate of drug-likeness (QED) is 0.761. The molecule has 0 unspecified atom stereocenters. The molecular formula is C11H20N2O3. The Hall–Kier alpha value is -1.26. The van der Waals surface area contributed by atoms with E-state index in [-0.39, 0.29) is 24.0 Å². The summed E-state index contributed by atoms with van der Waals surface area (Å²) in [6.45, 7) is 6.40. The van der Waals surface area contributed by atoms with Gasteiger partial charge in [-0.1, -0.05) is 20.8 Å². The van der Waals surface area contributed by atoms with Gasteiger partial charge in [-0.25, -0.2) is 4.79 Å². The van der Waals surface area contributed by atoms with E-state index >= 15 is 0 Å². The van der Waals surface area contributed by atoms with Crippen molar-refractivity contribution >= 4 is 12.0 Å². The summed E-state index contributed by atoms with van der Waals surface area (Å²) in [7, 11) is 0. The molecule has 0 saturated heterocycles. The van der Waals surface area contributed by atoms with Crippen LogP contribution in [0.1, 0.15) is 33.6 Å². The highest BCUT2D eigenvalue weighted by molar-refractivity contribution is 5.80. The van der Waals surface area contributed by atoms with Crippen LogP contribution in [0, 0.1) is 5.41 Å². The maximum Gasteiger partial charge on any atom is 0.323 e. The van der Waals surface area contributed by atoms with Crippen LogP contribution in [0.3, 0.4) is 0 Å². The van der Waals surface area contributed by atoms with Crippen LogP contribution in [-0.4, -0.2) is 41.1 Å². The predicted octanol–water partition coefficient (Wildman–Crippen LogP) is 1.29. The number of amides is 2. The van der Waals surface area contributed by atoms with Gasteiger partial charge in [-0.2, -0.15) is 0 Å². The zero-order valence-corrected chi connectivity index (χ0v) is 10.1. The van der Waals surface area contributed by atoms with Gasteiger partial charge in [0.05, 0.1) is 0 Å². The lowest BCUT2D eigenvalue weighted by atomic mass is 9.97. The van der Waals surface area contributed by atoms with Gasteiger partial charge in [0.1, 0.15) is 6.54 Å². The van der Waals surface area contributed by atoms with Crippen molar-refractivity contribution < 1.29 is 14.7 Å². The lowest BCUT2D eigenvalue weighted by molar-refractivity contribution is -0.137. The van der Waals surface area contributed by atoms with Crippen molar-refractivity contribution in [2.75, 3.05) is 13.1 Å². The summed E-state index contributed by atoms with van der Waals surface area (Å²) in [4.78, 5) is 23.8. The fourth-order valence-corrected chi connectivity index (χ4v) is 1.34. The van der Waals surface area contributed by atoms with Crippen molar-refractivity contribution in [3.05, 3.63) is 0 Å². The third-order valence-corrected chi connectivity index (χ3v) is 2.32. The SMILES string of the molecule is CC(C)(C)CNC(=O)N(CC(=O)O)C1CC1. The molecule has 1 aliphatic carbocycles. The summed E-state index contributed by atoms with van der Waals surface area (Å²) >= 11 is 0. The Morgan fingerprint density at radius 2 is 1.94 bits per heavy atom. The number of nitrogens with zero attached hydrogens (tertiary/aromatic N) is 1. The van der Waals surface area contributed by atoms with Crippen LogP contribution in [0.5, 0.6) is 0 Å². The largest absolute Gasteiger partial charge is 0.480 e. The van der Waals surface area contributed by atoms with Gasteiger partial charge in [-0.15, -0.1) is 0 Å². The van der Waals surface area contributed by atoms with Crippen LogP contribution in [0.15, 0.2) is 0 Å². The number of hydrogen-bond donors (Lipinski definition) is 2. The van der Waals surface area contributed by atoms with Crippen LogP contribution in [0.2, 0.25) is 0 Å². The Labute approximate surface area is 95.8 Å². The molecule has 1 aliphatic rings. The molecule has 0 heterocycles. The van der Waals surface area contributed by atoms with E-state index in [1.54, 1.807) is 0 Å². The molecule has 0 atom stereocenters. The molecule has 16 heavy (non-hydrogen) atoms. The highest BCUT2D eigenvalue weighted by Crippen LogP contribution is 2.26. The van der Waals surface area contributed by atoms with Crippen LogP contribution >= 0.6 is 0 Å². The summed E-state index contributed by atoms with van der Waals surface area (Å²) < 4.78 is 0. The number of aliphatic carboxylic acids is 1. The minimum absolute atomic E-state index is 0.00804. The van der Waals surface area contributed by atoms with Crippen molar-refractivity contribution in [3.8, 4) is 0 Å². The van der Waals surface area contributed by atoms with Gasteiger partial charge in [0, 0.05) is 12.6 Å². The zero-order valence-electron chi connectivity index (χ0n) is 10.1. The van der Waals surface area contributed by atoms with Crippen molar-refractivity contribution in [1.29, 1.82) is 0 Å². The average molecular weight is 228 g/mol. The molecule has 5 nitrogen and oxygen atoms in total. The Bertz CT molecular complexity index is 279. The van der Waals surface area contributed by atoms with E-state index in [0.717, 1.165) is 12.8 Å². The molecule has 92 valence electrons. The molecule has 1 saturated carbocycles. The highest BCUT2D eigenvalue weighted by Gasteiger charge is 2.34. The van der Waals surface area contributed by atoms with Gasteiger partial charge in [0.2, 0.25) is 0 Å². The zero-order chi connectivity index (χ0) is 12.3. The molecule has 5 heteroatoms. The second-order valence-corrected chi connectivity index (χ2v) is 5.47. The van der Waals surface area contributed by atoms with Crippen LogP contribution in [0.4, 0.5) is 4.79 Å². The second-order valence-electron chi connectivity index (χ2n) is 5.47. The van der Waals surface area contributed by atoms with Crippen molar-refractivity contribution in [1.82, 2.24) is 10.2 Å². The Balaban J connectivity index is 2.44. The summed E-state index contributed by atoms with van der Waals surface area (Å²) in [5.41, 5.74) is 0.00804. The van der Waals surface area contributed by atoms with Gasteiger partial charge < -0.3 is 15.3 Å². The molecule has 0 spiro atoms. The van der Waals surface area contributed by atoms with E-state index in [2.05, 4.69) is 5.32 Å². The minimum atomic E-state index is -0.960. The standard InChI is InChI=1S/C11H20N2O3/c1-11(2,3)7-12-10(16)13(6-9(14)15)8-4-5-8/h8H,4-7H2,1-3H3,(H,12,16)(H,14,15). The van der Waals surface area contributed by atoms with Crippen molar-refractivity contribution in [2.45, 2.75) is 39.7 Å². The number of nitrogens with one attached hydrogen (secondary N) is 1. The second kappa shape index (κ2) is 4.72. The fraction of sp³-hybridized carbons (Fsp3) is 0.818. The smallest absolute Gasteiger partial charge is 0.323 e. The first-order chi connectivity index (χ1) is 7.29. The van der Waals surface area contributed by atoms with Crippen LogP contribution in [-0.2, 0) is 4.79 Å². The third kappa shape index (κ3) is 4.51. The predicted molar refractivity (Wildman–Crippen MR) is 60.2 cm³/mol. The van der Waals surface area contributed by atoms with E-state index < -0.39 is 5.97 Å². The van der Waals surface area contributed by atoms with E-state index in [9.17, 15) is 9.59 Å². The summed E-state index contributed by atoms with van der Waals surface area (Å²) in [6, 6.07) is -0.143. The number of urea groups is 1. The lowest BCUT2D eigenvalue weighted by Gasteiger charge is -2.24. The van der Waals surface area contributed by atoms with Gasteiger partial charge in [0.25, 0.3) is 0 Å². The summed E-state index contributed by atoms with van der Waals surface area (Å²) in [5.74, 6) is -0.960. The number of carbonyl (C=O) groups excluding carboxylic acids is 1. The summed E-state index contributed by atoms with van der Waals surface area (Å²) in [5, 5.41) is 11.5. The Morgan fingerprint density at radius 1 is 1.38 bits per heavy atom. The number of rotatable bonds is 4. The van der Waals surface area contributed by atoms with Crippen molar-refractivity contribution in [2.24, 2.45) is 5.41 Å². The van der Waals surface area contributed by atoms with Gasteiger partial charge >= 0.3 is 12.0 Å². The monoisotopic (exact) mass is 228 g/mol. The van der Waals surface area contributed by atoms with Crippen LogP contribution in [0.25, 0.3) is 0 Å². The number of carbonyl (C=O) groups is 2. The third-order valence-electron chi connectivity index (χ3n) is 2.32. The molecule has 0 bridgehead atoms. The Kier molecular flexibility index (Phi) is 3.78. The molecule has 0 aliphatic heterocycles. The van der Waals surface area contributed by atoms with E-state index in [0.29, 0.717) is 6.54 Å². The molecular weight excluding hydrogens is 208 g/mol. The molecule has 2 amide bonds. The number of carboxylic acid groups (broad SMARTS) is 1. The lowest BCUT2D eigenvalue weighted by Crippen LogP contribution is -2.46. The molecule has 2 N–H and O–H groups in total. The maximum absolute atomic E-state index is 11.8. The highest BCUT2D eigenvalue weighted by atomic mass is 16.4. The topological polar surface area (TPSA) is 69.6 Å². The first-order valence-electron chi connectivity index (χ1n) is 5.56. The normalized spacial score (nSPS) is 15.7. The fourth-order valence-electron chi connectivity index (χ4n) is 1.34. The molecule has 1 fully saturated rings. The minimum Gasteiger partial charge on any atom is -0.480 e. The molecule has 1 rings (SSSR count). The molecule has 0 aromatic heterocycles. The first kappa shape index (κ1) is 12.8. The van der Waals surface area contributed by atoms with Gasteiger partial charge in [-0.3, -0.25) is 4.79 Å². The average Bonchev–Trinajstić information content (AvgIpc) is 2.92. The first-order valence-corrected chi connectivity index (χ1v) is 5.56. The Morgan fingerprint density at radius 3 is 2.31 bits per heavy atom.